The zero-order valence-corrected chi connectivity index (χ0v) is 9.45. The Balaban J connectivity index is 1.95. The van der Waals surface area contributed by atoms with Gasteiger partial charge >= 0.3 is 0 Å². The predicted octanol–water partition coefficient (Wildman–Crippen LogP) is 2.50. The van der Waals surface area contributed by atoms with E-state index in [1.54, 1.807) is 18.6 Å². The van der Waals surface area contributed by atoms with Crippen molar-refractivity contribution >= 4 is 0 Å². The van der Waals surface area contributed by atoms with Crippen LogP contribution in [0.15, 0.2) is 47.3 Å². The Bertz CT molecular complexity index is 503. The van der Waals surface area contributed by atoms with E-state index in [1.165, 1.54) is 6.07 Å². The van der Waals surface area contributed by atoms with E-state index in [9.17, 15) is 4.39 Å². The average molecular weight is 231 g/mol. The summed E-state index contributed by atoms with van der Waals surface area (Å²) in [5.74, 6) is -0.113. The molecule has 1 aliphatic rings. The maximum Gasteiger partial charge on any atom is 0.127 e. The van der Waals surface area contributed by atoms with Crippen molar-refractivity contribution in [3.63, 3.8) is 0 Å². The van der Waals surface area contributed by atoms with Gasteiger partial charge in [-0.1, -0.05) is 18.2 Å². The van der Waals surface area contributed by atoms with Crippen LogP contribution in [-0.2, 0) is 11.8 Å². The van der Waals surface area contributed by atoms with Gasteiger partial charge in [-0.2, -0.15) is 0 Å². The van der Waals surface area contributed by atoms with Crippen molar-refractivity contribution in [2.24, 2.45) is 0 Å². The molecule has 1 aromatic heterocycles. The minimum Gasteiger partial charge on any atom is -0.472 e. The molecule has 2 nitrogen and oxygen atoms in total. The van der Waals surface area contributed by atoms with E-state index in [4.69, 9.17) is 4.42 Å². The van der Waals surface area contributed by atoms with E-state index in [-0.39, 0.29) is 11.2 Å². The zero-order valence-electron chi connectivity index (χ0n) is 9.45. The Morgan fingerprint density at radius 3 is 2.65 bits per heavy atom. The lowest BCUT2D eigenvalue weighted by Crippen LogP contribution is -2.58. The van der Waals surface area contributed by atoms with Gasteiger partial charge in [0.25, 0.3) is 0 Å². The first-order chi connectivity index (χ1) is 8.30. The molecule has 0 atom stereocenters. The van der Waals surface area contributed by atoms with Crippen molar-refractivity contribution in [2.75, 3.05) is 13.1 Å². The van der Waals surface area contributed by atoms with Crippen LogP contribution in [0.5, 0.6) is 0 Å². The number of hydrogen-bond acceptors (Lipinski definition) is 2. The lowest BCUT2D eigenvalue weighted by atomic mass is 9.71. The lowest BCUT2D eigenvalue weighted by molar-refractivity contribution is 0.265. The maximum atomic E-state index is 13.9. The molecule has 0 bridgehead atoms. The Kier molecular flexibility index (Phi) is 2.48. The monoisotopic (exact) mass is 231 g/mol. The Morgan fingerprint density at radius 2 is 2.06 bits per heavy atom. The number of halogens is 1. The first-order valence-electron chi connectivity index (χ1n) is 5.77. The molecule has 1 aromatic carbocycles. The van der Waals surface area contributed by atoms with Gasteiger partial charge in [0.15, 0.2) is 0 Å². The smallest absolute Gasteiger partial charge is 0.127 e. The fourth-order valence-corrected chi connectivity index (χ4v) is 2.51. The summed E-state index contributed by atoms with van der Waals surface area (Å²) >= 11 is 0. The number of hydrogen-bond donors (Lipinski definition) is 1. The molecular weight excluding hydrogens is 217 g/mol. The molecule has 1 fully saturated rings. The highest BCUT2D eigenvalue weighted by atomic mass is 19.1. The third-order valence-corrected chi connectivity index (χ3v) is 3.49. The van der Waals surface area contributed by atoms with Crippen LogP contribution >= 0.6 is 0 Å². The molecule has 2 aromatic rings. The van der Waals surface area contributed by atoms with Crippen LogP contribution in [0, 0.1) is 5.82 Å². The SMILES string of the molecule is Fc1ccccc1C1(Cc2ccoc2)CNC1. The molecule has 0 spiro atoms. The summed E-state index contributed by atoms with van der Waals surface area (Å²) in [4.78, 5) is 0. The second kappa shape index (κ2) is 4.00. The number of benzene rings is 1. The van der Waals surface area contributed by atoms with Crippen LogP contribution in [0.2, 0.25) is 0 Å². The third-order valence-electron chi connectivity index (χ3n) is 3.49. The topological polar surface area (TPSA) is 25.2 Å². The summed E-state index contributed by atoms with van der Waals surface area (Å²) in [5, 5.41) is 3.24. The number of rotatable bonds is 3. The van der Waals surface area contributed by atoms with Gasteiger partial charge in [-0.25, -0.2) is 4.39 Å². The molecule has 0 saturated carbocycles. The molecule has 1 aliphatic heterocycles. The average Bonchev–Trinajstić information content (AvgIpc) is 2.77. The predicted molar refractivity (Wildman–Crippen MR) is 63.4 cm³/mol. The molecular formula is C14H14FNO. The van der Waals surface area contributed by atoms with Gasteiger partial charge in [0, 0.05) is 18.5 Å². The molecule has 0 aliphatic carbocycles. The highest BCUT2D eigenvalue weighted by molar-refractivity contribution is 5.33. The second-order valence-corrected chi connectivity index (χ2v) is 4.67. The zero-order chi connectivity index (χ0) is 11.7. The summed E-state index contributed by atoms with van der Waals surface area (Å²) in [6, 6.07) is 8.99. The van der Waals surface area contributed by atoms with Gasteiger partial charge in [0.2, 0.25) is 0 Å². The Morgan fingerprint density at radius 1 is 1.24 bits per heavy atom. The van der Waals surface area contributed by atoms with E-state index < -0.39 is 0 Å². The summed E-state index contributed by atoms with van der Waals surface area (Å²) in [6.45, 7) is 1.64. The summed E-state index contributed by atoms with van der Waals surface area (Å²) < 4.78 is 19.0. The first kappa shape index (κ1) is 10.5. The largest absolute Gasteiger partial charge is 0.472 e. The minimum absolute atomic E-state index is 0.113. The maximum absolute atomic E-state index is 13.9. The third kappa shape index (κ3) is 1.76. The molecule has 17 heavy (non-hydrogen) atoms. The normalized spacial score (nSPS) is 17.7. The highest BCUT2D eigenvalue weighted by Gasteiger charge is 2.40. The van der Waals surface area contributed by atoms with Crippen molar-refractivity contribution in [1.82, 2.24) is 5.32 Å². The van der Waals surface area contributed by atoms with E-state index in [1.807, 2.05) is 18.2 Å². The van der Waals surface area contributed by atoms with E-state index in [0.717, 1.165) is 30.6 Å². The van der Waals surface area contributed by atoms with Crippen LogP contribution in [-0.4, -0.2) is 13.1 Å². The minimum atomic E-state index is -0.116. The van der Waals surface area contributed by atoms with Crippen molar-refractivity contribution in [2.45, 2.75) is 11.8 Å². The summed E-state index contributed by atoms with van der Waals surface area (Å²) in [6.07, 6.45) is 4.22. The summed E-state index contributed by atoms with van der Waals surface area (Å²) in [5.41, 5.74) is 1.81. The molecule has 0 amide bonds. The quantitative estimate of drug-likeness (QED) is 0.878. The standard InChI is InChI=1S/C14H14FNO/c15-13-4-2-1-3-12(13)14(9-16-10-14)7-11-5-6-17-8-11/h1-6,8,16H,7,9-10H2. The van der Waals surface area contributed by atoms with Gasteiger partial charge in [-0.05, 0) is 29.7 Å². The molecule has 0 unspecified atom stereocenters. The van der Waals surface area contributed by atoms with Crippen molar-refractivity contribution < 1.29 is 8.81 Å². The van der Waals surface area contributed by atoms with Crippen LogP contribution in [0.1, 0.15) is 11.1 Å². The first-order valence-corrected chi connectivity index (χ1v) is 5.77. The molecule has 88 valence electrons. The van der Waals surface area contributed by atoms with Crippen LogP contribution in [0.3, 0.4) is 0 Å². The van der Waals surface area contributed by atoms with Gasteiger partial charge in [0.1, 0.15) is 5.82 Å². The molecule has 1 N–H and O–H groups in total. The van der Waals surface area contributed by atoms with Crippen molar-refractivity contribution in [1.29, 1.82) is 0 Å². The van der Waals surface area contributed by atoms with Crippen molar-refractivity contribution in [3.05, 3.63) is 59.8 Å². The van der Waals surface area contributed by atoms with E-state index in [2.05, 4.69) is 5.32 Å². The number of furan rings is 1. The summed E-state index contributed by atoms with van der Waals surface area (Å²) in [7, 11) is 0. The number of nitrogens with one attached hydrogen (secondary N) is 1. The van der Waals surface area contributed by atoms with Gasteiger partial charge in [-0.3, -0.25) is 0 Å². The molecule has 3 rings (SSSR count). The molecule has 3 heteroatoms. The van der Waals surface area contributed by atoms with E-state index >= 15 is 0 Å². The Labute approximate surface area is 99.5 Å². The van der Waals surface area contributed by atoms with Crippen LogP contribution in [0.25, 0.3) is 0 Å². The van der Waals surface area contributed by atoms with Crippen molar-refractivity contribution in [3.8, 4) is 0 Å². The van der Waals surface area contributed by atoms with Gasteiger partial charge in [0.05, 0.1) is 12.5 Å². The van der Waals surface area contributed by atoms with Crippen LogP contribution < -0.4 is 5.32 Å². The fourth-order valence-electron chi connectivity index (χ4n) is 2.51. The highest BCUT2D eigenvalue weighted by Crippen LogP contribution is 2.34. The van der Waals surface area contributed by atoms with Gasteiger partial charge in [-0.15, -0.1) is 0 Å². The molecule has 0 radical (unpaired) electrons. The molecule has 2 heterocycles. The lowest BCUT2D eigenvalue weighted by Gasteiger charge is -2.43. The molecule has 1 saturated heterocycles. The van der Waals surface area contributed by atoms with Crippen LogP contribution in [0.4, 0.5) is 4.39 Å². The van der Waals surface area contributed by atoms with Gasteiger partial charge < -0.3 is 9.73 Å². The van der Waals surface area contributed by atoms with E-state index in [0.29, 0.717) is 0 Å². The fraction of sp³-hybridized carbons (Fsp3) is 0.286. The Hall–Kier alpha value is -1.61. The second-order valence-electron chi connectivity index (χ2n) is 4.67.